The average Bonchev–Trinajstić information content (AvgIpc) is 2.56. The van der Waals surface area contributed by atoms with Gasteiger partial charge in [-0.1, -0.05) is 48.5 Å². The number of benzene rings is 3. The predicted octanol–water partition coefficient (Wildman–Crippen LogP) is 2.65. The maximum absolute atomic E-state index is 11.0. The molecule has 0 spiro atoms. The maximum atomic E-state index is 11.0. The molecule has 0 saturated carbocycles. The first-order valence-electron chi connectivity index (χ1n) is 7.16. The van der Waals surface area contributed by atoms with Gasteiger partial charge in [0.25, 0.3) is 5.97 Å². The molecule has 0 saturated heterocycles. The van der Waals surface area contributed by atoms with Crippen LogP contribution in [0.5, 0.6) is 0 Å². The second kappa shape index (κ2) is 8.12. The highest BCUT2D eigenvalue weighted by Crippen LogP contribution is 2.28. The molecule has 0 aliphatic carbocycles. The van der Waals surface area contributed by atoms with Crippen LogP contribution < -0.4 is 0 Å². The molecule has 22 heavy (non-hydrogen) atoms. The predicted molar refractivity (Wildman–Crippen MR) is 101 cm³/mol. The van der Waals surface area contributed by atoms with Crippen LogP contribution in [0.4, 0.5) is 0 Å². The van der Waals surface area contributed by atoms with E-state index in [0.717, 1.165) is 15.6 Å². The molecule has 0 fully saturated rings. The Morgan fingerprint density at radius 2 is 1.55 bits per heavy atom. The summed E-state index contributed by atoms with van der Waals surface area (Å²) in [6, 6.07) is 19.9. The van der Waals surface area contributed by atoms with Gasteiger partial charge < -0.3 is 4.43 Å². The quantitative estimate of drug-likeness (QED) is 0.414. The summed E-state index contributed by atoms with van der Waals surface area (Å²) >= 11 is 4.78. The molecule has 0 heterocycles. The van der Waals surface area contributed by atoms with Crippen molar-refractivity contribution in [3.05, 3.63) is 60.2 Å². The Bertz CT molecular complexity index is 736. The van der Waals surface area contributed by atoms with Crippen LogP contribution in [0.3, 0.4) is 0 Å². The van der Waals surface area contributed by atoms with Crippen molar-refractivity contribution in [3.63, 3.8) is 0 Å². The van der Waals surface area contributed by atoms with Gasteiger partial charge in [0.1, 0.15) is 9.55 Å². The fraction of sp³-hybridized carbons (Fsp3) is 0.118. The maximum Gasteiger partial charge on any atom is 0.288 e. The first kappa shape index (κ1) is 16.7. The van der Waals surface area contributed by atoms with Gasteiger partial charge in [0.15, 0.2) is 0 Å². The van der Waals surface area contributed by atoms with Crippen LogP contribution in [0.15, 0.2) is 54.6 Å². The normalized spacial score (nSPS) is 10.8. The Hall–Kier alpha value is -1.63. The molecule has 0 unspecified atom stereocenters. The van der Waals surface area contributed by atoms with Gasteiger partial charge in [0.05, 0.1) is 0 Å². The third-order valence-corrected chi connectivity index (χ3v) is 4.85. The molecule has 0 atom stereocenters. The molecule has 0 amide bonds. The number of rotatable bonds is 3. The van der Waals surface area contributed by atoms with Gasteiger partial charge in [-0.2, -0.15) is 11.1 Å². The standard InChI is InChI=1S/C17H16O2Si.ClH3Si/c1-12(18)19-20-11-17-15-8-4-2-6-13(15)10-14-7-3-5-9-16(14)17;1-2/h2-10H,11,20H2,1H3;2H3. The Labute approximate surface area is 140 Å². The number of carbonyl (C=O) groups is 1. The highest BCUT2D eigenvalue weighted by Gasteiger charge is 2.08. The molecule has 0 aliphatic heterocycles. The SMILES string of the molecule is CC(=O)O[SiH2]Cc1c2ccccc2cc2ccccc12.[SiH3]Cl. The number of hydrogen-bond donors (Lipinski definition) is 0. The minimum absolute atomic E-state index is 0.166. The van der Waals surface area contributed by atoms with Crippen LogP contribution in [0.2, 0.25) is 0 Å². The lowest BCUT2D eigenvalue weighted by atomic mass is 9.98. The first-order chi connectivity index (χ1) is 10.8. The topological polar surface area (TPSA) is 26.3 Å². The first-order valence-corrected chi connectivity index (χ1v) is 11.8. The molecule has 0 aliphatic rings. The van der Waals surface area contributed by atoms with Crippen LogP contribution in [-0.4, -0.2) is 25.3 Å². The molecule has 3 aromatic rings. The lowest BCUT2D eigenvalue weighted by Gasteiger charge is -2.11. The third-order valence-electron chi connectivity index (χ3n) is 3.54. The molecule has 0 N–H and O–H groups in total. The van der Waals surface area contributed by atoms with E-state index < -0.39 is 9.76 Å². The van der Waals surface area contributed by atoms with E-state index in [4.69, 9.17) is 15.5 Å². The van der Waals surface area contributed by atoms with E-state index in [1.165, 1.54) is 34.0 Å². The number of fused-ring (bicyclic) bond motifs is 2. The Balaban J connectivity index is 0.000000847. The molecule has 0 aromatic heterocycles. The molecule has 3 rings (SSSR count). The molecule has 114 valence electrons. The zero-order valence-electron chi connectivity index (χ0n) is 12.8. The molecular formula is C17H19ClO2Si2. The zero-order valence-corrected chi connectivity index (χ0v) is 17.0. The minimum Gasteiger partial charge on any atom is -0.525 e. The fourth-order valence-corrected chi connectivity index (χ4v) is 3.81. The second-order valence-corrected chi connectivity index (χ2v) is 6.08. The van der Waals surface area contributed by atoms with E-state index in [1.54, 1.807) is 0 Å². The summed E-state index contributed by atoms with van der Waals surface area (Å²) in [6.07, 6.45) is 0. The van der Waals surface area contributed by atoms with Crippen molar-refractivity contribution in [1.29, 1.82) is 0 Å². The summed E-state index contributed by atoms with van der Waals surface area (Å²) in [5.41, 5.74) is 1.31. The highest BCUT2D eigenvalue weighted by atomic mass is 35.6. The van der Waals surface area contributed by atoms with Crippen molar-refractivity contribution in [1.82, 2.24) is 0 Å². The third kappa shape index (κ3) is 3.77. The molecule has 0 bridgehead atoms. The van der Waals surface area contributed by atoms with E-state index in [0.29, 0.717) is 0 Å². The van der Waals surface area contributed by atoms with E-state index in [-0.39, 0.29) is 5.97 Å². The summed E-state index contributed by atoms with van der Waals surface area (Å²) in [5.74, 6) is -0.166. The summed E-state index contributed by atoms with van der Waals surface area (Å²) in [5, 5.41) is 5.03. The monoisotopic (exact) mass is 346 g/mol. The fourth-order valence-electron chi connectivity index (χ4n) is 2.67. The van der Waals surface area contributed by atoms with Gasteiger partial charge in [-0.3, -0.25) is 4.79 Å². The van der Waals surface area contributed by atoms with Gasteiger partial charge in [-0.05, 0) is 39.2 Å². The molecule has 0 radical (unpaired) electrons. The summed E-state index contributed by atoms with van der Waals surface area (Å²) < 4.78 is 5.24. The van der Waals surface area contributed by atoms with E-state index in [1.807, 2.05) is 0 Å². The Kier molecular flexibility index (Phi) is 6.18. The Morgan fingerprint density at radius 1 is 1.05 bits per heavy atom. The van der Waals surface area contributed by atoms with Crippen molar-refractivity contribution < 1.29 is 9.22 Å². The van der Waals surface area contributed by atoms with Crippen LogP contribution in [0.1, 0.15) is 12.5 Å². The lowest BCUT2D eigenvalue weighted by Crippen LogP contribution is -2.08. The van der Waals surface area contributed by atoms with Crippen LogP contribution >= 0.6 is 11.1 Å². The number of halogens is 1. The smallest absolute Gasteiger partial charge is 0.288 e. The van der Waals surface area contributed by atoms with Gasteiger partial charge in [-0.15, -0.1) is 0 Å². The van der Waals surface area contributed by atoms with Gasteiger partial charge in [-0.25, -0.2) is 0 Å². The van der Waals surface area contributed by atoms with Crippen molar-refractivity contribution in [2.75, 3.05) is 0 Å². The van der Waals surface area contributed by atoms with Gasteiger partial charge in [0.2, 0.25) is 9.76 Å². The van der Waals surface area contributed by atoms with Crippen LogP contribution in [0, 0.1) is 0 Å². The van der Waals surface area contributed by atoms with Crippen molar-refractivity contribution >= 4 is 57.9 Å². The molecule has 5 heteroatoms. The van der Waals surface area contributed by atoms with Crippen molar-refractivity contribution in [3.8, 4) is 0 Å². The average molecular weight is 347 g/mol. The highest BCUT2D eigenvalue weighted by molar-refractivity contribution is 6.80. The summed E-state index contributed by atoms with van der Waals surface area (Å²) in [4.78, 5) is 11.0. The van der Waals surface area contributed by atoms with E-state index >= 15 is 0 Å². The van der Waals surface area contributed by atoms with Gasteiger partial charge >= 0.3 is 0 Å². The summed E-state index contributed by atoms with van der Waals surface area (Å²) in [6.45, 7) is 1.48. The van der Waals surface area contributed by atoms with Gasteiger partial charge in [0, 0.05) is 6.92 Å². The van der Waals surface area contributed by atoms with E-state index in [2.05, 4.69) is 54.6 Å². The van der Waals surface area contributed by atoms with Crippen LogP contribution in [-0.2, 0) is 15.3 Å². The number of carbonyl (C=O) groups excluding carboxylic acids is 1. The van der Waals surface area contributed by atoms with Crippen molar-refractivity contribution in [2.45, 2.75) is 13.0 Å². The number of hydrogen-bond acceptors (Lipinski definition) is 2. The largest absolute Gasteiger partial charge is 0.525 e. The van der Waals surface area contributed by atoms with Crippen LogP contribution in [0.25, 0.3) is 21.5 Å². The summed E-state index contributed by atoms with van der Waals surface area (Å²) in [7, 11) is -0.0827. The molecular weight excluding hydrogens is 328 g/mol. The zero-order chi connectivity index (χ0) is 15.9. The Morgan fingerprint density at radius 3 is 2.05 bits per heavy atom. The molecule has 2 nitrogen and oxygen atoms in total. The van der Waals surface area contributed by atoms with Crippen molar-refractivity contribution in [2.24, 2.45) is 0 Å². The van der Waals surface area contributed by atoms with E-state index in [9.17, 15) is 4.79 Å². The second-order valence-electron chi connectivity index (χ2n) is 4.89. The molecule has 3 aromatic carbocycles. The lowest BCUT2D eigenvalue weighted by molar-refractivity contribution is -0.131. The minimum atomic E-state index is -0.860.